The Hall–Kier alpha value is -0.790. The van der Waals surface area contributed by atoms with Crippen LogP contribution in [0.2, 0.25) is 0 Å². The van der Waals surface area contributed by atoms with Crippen molar-refractivity contribution in [2.24, 2.45) is 5.92 Å². The average molecular weight is 270 g/mol. The monoisotopic (exact) mass is 270 g/mol. The van der Waals surface area contributed by atoms with E-state index in [1.54, 1.807) is 0 Å². The Morgan fingerprint density at radius 2 is 2.11 bits per heavy atom. The first-order chi connectivity index (χ1) is 8.67. The van der Waals surface area contributed by atoms with Crippen LogP contribution >= 0.6 is 8.15 Å². The minimum Gasteiger partial charge on any atom is -0.359 e. The van der Waals surface area contributed by atoms with E-state index < -0.39 is 19.8 Å². The van der Waals surface area contributed by atoms with Crippen molar-refractivity contribution in [3.63, 3.8) is 0 Å². The van der Waals surface area contributed by atoms with Crippen LogP contribution in [-0.2, 0) is 10.7 Å². The van der Waals surface area contributed by atoms with Crippen LogP contribution in [0.25, 0.3) is 0 Å². The lowest BCUT2D eigenvalue weighted by Gasteiger charge is -2.17. The van der Waals surface area contributed by atoms with E-state index in [2.05, 4.69) is 6.58 Å². The Morgan fingerprint density at radius 3 is 2.61 bits per heavy atom. The minimum atomic E-state index is -0.814. The van der Waals surface area contributed by atoms with Gasteiger partial charge >= 0.3 is 0 Å². The Balaban J connectivity index is 2.11. The summed E-state index contributed by atoms with van der Waals surface area (Å²) in [4.78, 5) is 0. The topological polar surface area (TPSA) is 9.23 Å². The maximum absolute atomic E-state index is 13.6. The first-order valence-corrected chi connectivity index (χ1v) is 7.63. The second kappa shape index (κ2) is 5.90. The lowest BCUT2D eigenvalue weighted by Crippen LogP contribution is -2.00. The van der Waals surface area contributed by atoms with Gasteiger partial charge in [0.2, 0.25) is 0 Å². The third-order valence-electron chi connectivity index (χ3n) is 3.15. The lowest BCUT2D eigenvalue weighted by atomic mass is 10.2. The van der Waals surface area contributed by atoms with Gasteiger partial charge in [-0.25, -0.2) is 8.78 Å². The Kier molecular flexibility index (Phi) is 4.47. The number of hydrogen-bond donors (Lipinski definition) is 0. The average Bonchev–Trinajstić information content (AvgIpc) is 3.12. The standard InChI is InChI=1S/C14H17F2OP/c1-3-10-8-14(10)18(17-4-2)9-11-12(15)6-5-7-13(11)16/h3,5-7,10,14H,1,4,8-9H2,2H3. The van der Waals surface area contributed by atoms with Gasteiger partial charge in [0.15, 0.2) is 0 Å². The highest BCUT2D eigenvalue weighted by Gasteiger charge is 2.42. The van der Waals surface area contributed by atoms with Crippen LogP contribution in [0.5, 0.6) is 0 Å². The molecule has 18 heavy (non-hydrogen) atoms. The summed E-state index contributed by atoms with van der Waals surface area (Å²) >= 11 is 0. The molecule has 0 N–H and O–H groups in total. The largest absolute Gasteiger partial charge is 0.359 e. The van der Waals surface area contributed by atoms with Crippen LogP contribution in [0.1, 0.15) is 18.9 Å². The summed E-state index contributed by atoms with van der Waals surface area (Å²) in [6, 6.07) is 3.99. The highest BCUT2D eigenvalue weighted by Crippen LogP contribution is 2.60. The Bertz CT molecular complexity index is 416. The highest BCUT2D eigenvalue weighted by molar-refractivity contribution is 7.53. The lowest BCUT2D eigenvalue weighted by molar-refractivity contribution is 0.374. The molecule has 0 aromatic heterocycles. The Labute approximate surface area is 108 Å². The van der Waals surface area contributed by atoms with Crippen LogP contribution in [0.15, 0.2) is 30.9 Å². The van der Waals surface area contributed by atoms with Gasteiger partial charge in [0.1, 0.15) is 11.6 Å². The zero-order chi connectivity index (χ0) is 13.1. The summed E-state index contributed by atoms with van der Waals surface area (Å²) < 4.78 is 32.9. The van der Waals surface area contributed by atoms with Crippen molar-refractivity contribution in [3.8, 4) is 0 Å². The van der Waals surface area contributed by atoms with Gasteiger partial charge in [-0.15, -0.1) is 6.58 Å². The molecule has 1 saturated carbocycles. The normalized spacial score (nSPS) is 23.7. The van der Waals surface area contributed by atoms with E-state index in [4.69, 9.17) is 4.52 Å². The van der Waals surface area contributed by atoms with Crippen LogP contribution < -0.4 is 0 Å². The molecule has 1 aliphatic rings. The van der Waals surface area contributed by atoms with E-state index in [0.717, 1.165) is 6.42 Å². The van der Waals surface area contributed by atoms with Crippen molar-refractivity contribution in [3.05, 3.63) is 48.1 Å². The first-order valence-electron chi connectivity index (χ1n) is 6.12. The molecule has 0 bridgehead atoms. The molecule has 3 atom stereocenters. The summed E-state index contributed by atoms with van der Waals surface area (Å²) in [5.41, 5.74) is 0.572. The van der Waals surface area contributed by atoms with Gasteiger partial charge in [0.25, 0.3) is 0 Å². The summed E-state index contributed by atoms with van der Waals surface area (Å²) in [5, 5.41) is 0. The summed E-state index contributed by atoms with van der Waals surface area (Å²) in [7, 11) is -0.814. The fourth-order valence-corrected chi connectivity index (χ4v) is 4.54. The molecule has 98 valence electrons. The molecule has 4 heteroatoms. The molecular formula is C14H17F2OP. The van der Waals surface area contributed by atoms with Crippen molar-refractivity contribution in [1.82, 2.24) is 0 Å². The van der Waals surface area contributed by atoms with Gasteiger partial charge in [-0.1, -0.05) is 12.1 Å². The number of benzene rings is 1. The second-order valence-electron chi connectivity index (χ2n) is 4.40. The van der Waals surface area contributed by atoms with E-state index in [-0.39, 0.29) is 5.56 Å². The molecule has 1 aliphatic carbocycles. The maximum Gasteiger partial charge on any atom is 0.129 e. The third-order valence-corrected chi connectivity index (χ3v) is 5.70. The van der Waals surface area contributed by atoms with E-state index in [1.807, 2.05) is 13.0 Å². The predicted molar refractivity (Wildman–Crippen MR) is 70.7 cm³/mol. The molecule has 3 unspecified atom stereocenters. The summed E-state index contributed by atoms with van der Waals surface area (Å²) in [6.07, 6.45) is 3.30. The quantitative estimate of drug-likeness (QED) is 0.547. The molecule has 0 spiro atoms. The fraction of sp³-hybridized carbons (Fsp3) is 0.429. The fourth-order valence-electron chi connectivity index (χ4n) is 2.05. The molecule has 1 nitrogen and oxygen atoms in total. The second-order valence-corrected chi connectivity index (χ2v) is 6.47. The van der Waals surface area contributed by atoms with Crippen molar-refractivity contribution < 1.29 is 13.3 Å². The van der Waals surface area contributed by atoms with Gasteiger partial charge in [-0.2, -0.15) is 0 Å². The van der Waals surface area contributed by atoms with Gasteiger partial charge in [-0.05, 0) is 31.4 Å². The van der Waals surface area contributed by atoms with Crippen LogP contribution in [0, 0.1) is 17.6 Å². The SMILES string of the molecule is C=CC1CC1P(Cc1c(F)cccc1F)OCC. The smallest absolute Gasteiger partial charge is 0.129 e. The van der Waals surface area contributed by atoms with Gasteiger partial charge in [0.05, 0.1) is 0 Å². The molecule has 1 aromatic carbocycles. The zero-order valence-corrected chi connectivity index (χ0v) is 11.3. The van der Waals surface area contributed by atoms with E-state index in [9.17, 15) is 8.78 Å². The van der Waals surface area contributed by atoms with Crippen molar-refractivity contribution in [1.29, 1.82) is 0 Å². The van der Waals surface area contributed by atoms with E-state index >= 15 is 0 Å². The summed E-state index contributed by atoms with van der Waals surface area (Å²) in [5.74, 6) is -0.492. The first kappa shape index (κ1) is 13.6. The van der Waals surface area contributed by atoms with Crippen molar-refractivity contribution in [2.45, 2.75) is 25.2 Å². The molecule has 1 fully saturated rings. The van der Waals surface area contributed by atoms with Gasteiger partial charge in [0, 0.05) is 32.1 Å². The van der Waals surface area contributed by atoms with Crippen LogP contribution in [-0.4, -0.2) is 12.3 Å². The molecular weight excluding hydrogens is 253 g/mol. The van der Waals surface area contributed by atoms with E-state index in [1.165, 1.54) is 18.2 Å². The van der Waals surface area contributed by atoms with Crippen LogP contribution in [0.3, 0.4) is 0 Å². The van der Waals surface area contributed by atoms with E-state index in [0.29, 0.717) is 24.3 Å². The molecule has 0 heterocycles. The molecule has 0 saturated heterocycles. The van der Waals surface area contributed by atoms with Crippen molar-refractivity contribution >= 4 is 8.15 Å². The zero-order valence-electron chi connectivity index (χ0n) is 10.4. The van der Waals surface area contributed by atoms with Crippen molar-refractivity contribution in [2.75, 3.05) is 6.61 Å². The third kappa shape index (κ3) is 2.96. The summed E-state index contributed by atoms with van der Waals surface area (Å²) in [6.45, 7) is 6.26. The molecule has 2 rings (SSSR count). The number of halogens is 2. The predicted octanol–water partition coefficient (Wildman–Crippen LogP) is 4.47. The Morgan fingerprint density at radius 1 is 1.44 bits per heavy atom. The maximum atomic E-state index is 13.6. The highest BCUT2D eigenvalue weighted by atomic mass is 31.1. The molecule has 0 aliphatic heterocycles. The molecule has 0 amide bonds. The van der Waals surface area contributed by atoms with Crippen LogP contribution in [0.4, 0.5) is 8.78 Å². The molecule has 1 aromatic rings. The number of allylic oxidation sites excluding steroid dienone is 1. The minimum absolute atomic E-state index is 0.159. The van der Waals surface area contributed by atoms with Gasteiger partial charge < -0.3 is 4.52 Å². The van der Waals surface area contributed by atoms with Gasteiger partial charge in [-0.3, -0.25) is 0 Å². The number of rotatable bonds is 6. The molecule has 0 radical (unpaired) electrons. The number of hydrogen-bond acceptors (Lipinski definition) is 1.